The molecule has 0 bridgehead atoms. The fourth-order valence-corrected chi connectivity index (χ4v) is 2.72. The van der Waals surface area contributed by atoms with Crippen molar-refractivity contribution in [3.05, 3.63) is 34.9 Å². The number of hydrogen-bond acceptors (Lipinski definition) is 2. The molecule has 102 valence electrons. The van der Waals surface area contributed by atoms with Gasteiger partial charge in [-0.2, -0.15) is 0 Å². The normalized spacial score (nSPS) is 17.4. The van der Waals surface area contributed by atoms with E-state index in [2.05, 4.69) is 12.2 Å². The molecule has 1 aromatic carbocycles. The molecule has 0 spiro atoms. The summed E-state index contributed by atoms with van der Waals surface area (Å²) in [6, 6.07) is 5.68. The molecule has 0 heterocycles. The van der Waals surface area contributed by atoms with E-state index < -0.39 is 0 Å². The highest BCUT2D eigenvalue weighted by molar-refractivity contribution is 6.07. The Bertz CT molecular complexity index is 494. The van der Waals surface area contributed by atoms with E-state index in [0.29, 0.717) is 13.0 Å². The molecule has 1 N–H and O–H groups in total. The average Bonchev–Trinajstić information content (AvgIpc) is 2.74. The van der Waals surface area contributed by atoms with Gasteiger partial charge in [0.25, 0.3) is 0 Å². The fraction of sp³-hybridized carbons (Fsp3) is 0.500. The van der Waals surface area contributed by atoms with Crippen molar-refractivity contribution in [3.8, 4) is 0 Å². The van der Waals surface area contributed by atoms with Crippen molar-refractivity contribution >= 4 is 11.7 Å². The lowest BCUT2D eigenvalue weighted by Crippen LogP contribution is -2.29. The van der Waals surface area contributed by atoms with Crippen LogP contribution in [0.3, 0.4) is 0 Å². The third-order valence-electron chi connectivity index (χ3n) is 3.76. The van der Waals surface area contributed by atoms with E-state index in [4.69, 9.17) is 0 Å². The molecule has 0 saturated heterocycles. The molecule has 1 aliphatic rings. The van der Waals surface area contributed by atoms with E-state index in [-0.39, 0.29) is 17.6 Å². The average molecular weight is 259 g/mol. The van der Waals surface area contributed by atoms with Crippen molar-refractivity contribution < 1.29 is 9.59 Å². The summed E-state index contributed by atoms with van der Waals surface area (Å²) in [6.07, 6.45) is 3.59. The molecule has 19 heavy (non-hydrogen) atoms. The lowest BCUT2D eigenvalue weighted by molar-refractivity contribution is -0.122. The zero-order valence-electron chi connectivity index (χ0n) is 11.7. The lowest BCUT2D eigenvalue weighted by atomic mass is 9.96. The highest BCUT2D eigenvalue weighted by Crippen LogP contribution is 2.35. The van der Waals surface area contributed by atoms with Crippen molar-refractivity contribution in [2.75, 3.05) is 6.54 Å². The maximum Gasteiger partial charge on any atom is 0.228 e. The summed E-state index contributed by atoms with van der Waals surface area (Å²) in [6.45, 7) is 4.81. The maximum absolute atomic E-state index is 12.2. The Hall–Kier alpha value is -1.64. The molecular formula is C16H21NO2. The molecule has 0 radical (unpaired) electrons. The molecule has 2 rings (SSSR count). The number of rotatable bonds is 5. The van der Waals surface area contributed by atoms with Crippen LogP contribution in [0.25, 0.3) is 0 Å². The minimum absolute atomic E-state index is 0.00231. The Morgan fingerprint density at radius 3 is 2.89 bits per heavy atom. The molecule has 0 aromatic heterocycles. The van der Waals surface area contributed by atoms with E-state index >= 15 is 0 Å². The van der Waals surface area contributed by atoms with Gasteiger partial charge in [-0.25, -0.2) is 0 Å². The first-order valence-electron chi connectivity index (χ1n) is 7.05. The van der Waals surface area contributed by atoms with Gasteiger partial charge in [0, 0.05) is 18.5 Å². The van der Waals surface area contributed by atoms with Gasteiger partial charge >= 0.3 is 0 Å². The standard InChI is InChI=1S/C16H21NO2/c1-3-4-5-9-17-16(19)13-10-14(18)12-8-6-7-11(2)15(12)13/h6-8,13H,3-5,9-10H2,1-2H3,(H,17,19). The largest absolute Gasteiger partial charge is 0.356 e. The summed E-state index contributed by atoms with van der Waals surface area (Å²) in [4.78, 5) is 24.1. The van der Waals surface area contributed by atoms with Crippen LogP contribution in [-0.2, 0) is 4.79 Å². The monoisotopic (exact) mass is 259 g/mol. The first kappa shape index (κ1) is 13.8. The molecule has 1 amide bonds. The number of amides is 1. The molecule has 1 aromatic rings. The van der Waals surface area contributed by atoms with Crippen LogP contribution in [0.5, 0.6) is 0 Å². The van der Waals surface area contributed by atoms with Crippen molar-refractivity contribution in [1.82, 2.24) is 5.32 Å². The van der Waals surface area contributed by atoms with Gasteiger partial charge < -0.3 is 5.32 Å². The Kier molecular flexibility index (Phi) is 4.35. The van der Waals surface area contributed by atoms with Crippen LogP contribution in [0.1, 0.15) is 60.0 Å². The van der Waals surface area contributed by atoms with E-state index in [9.17, 15) is 9.59 Å². The van der Waals surface area contributed by atoms with Crippen LogP contribution < -0.4 is 5.32 Å². The highest BCUT2D eigenvalue weighted by Gasteiger charge is 2.34. The molecule has 0 fully saturated rings. The van der Waals surface area contributed by atoms with Gasteiger partial charge in [0.15, 0.2) is 5.78 Å². The lowest BCUT2D eigenvalue weighted by Gasteiger charge is -2.13. The highest BCUT2D eigenvalue weighted by atomic mass is 16.2. The second kappa shape index (κ2) is 6.00. The van der Waals surface area contributed by atoms with Crippen LogP contribution in [0.15, 0.2) is 18.2 Å². The van der Waals surface area contributed by atoms with Crippen molar-refractivity contribution in [3.63, 3.8) is 0 Å². The predicted molar refractivity (Wildman–Crippen MR) is 75.4 cm³/mol. The first-order chi connectivity index (χ1) is 9.15. The summed E-state index contributed by atoms with van der Waals surface area (Å²) in [5, 5.41) is 2.96. The second-order valence-corrected chi connectivity index (χ2v) is 5.21. The van der Waals surface area contributed by atoms with Gasteiger partial charge in [-0.15, -0.1) is 0 Å². The number of unbranched alkanes of at least 4 members (excludes halogenated alkanes) is 2. The summed E-state index contributed by atoms with van der Waals surface area (Å²) < 4.78 is 0. The number of aryl methyl sites for hydroxylation is 1. The van der Waals surface area contributed by atoms with Gasteiger partial charge in [-0.1, -0.05) is 38.0 Å². The number of hydrogen-bond donors (Lipinski definition) is 1. The minimum Gasteiger partial charge on any atom is -0.356 e. The van der Waals surface area contributed by atoms with Gasteiger partial charge in [-0.3, -0.25) is 9.59 Å². The van der Waals surface area contributed by atoms with Crippen LogP contribution in [0.2, 0.25) is 0 Å². The van der Waals surface area contributed by atoms with Crippen molar-refractivity contribution in [2.24, 2.45) is 0 Å². The van der Waals surface area contributed by atoms with Gasteiger partial charge in [0.2, 0.25) is 5.91 Å². The number of Topliss-reactive ketones (excluding diaryl/α,β-unsaturated/α-hetero) is 1. The number of carbonyl (C=O) groups is 2. The fourth-order valence-electron chi connectivity index (χ4n) is 2.72. The number of ketones is 1. The predicted octanol–water partition coefficient (Wildman–Crippen LogP) is 2.97. The third-order valence-corrected chi connectivity index (χ3v) is 3.76. The zero-order chi connectivity index (χ0) is 13.8. The summed E-state index contributed by atoms with van der Waals surface area (Å²) in [5.41, 5.74) is 2.70. The summed E-state index contributed by atoms with van der Waals surface area (Å²) >= 11 is 0. The molecule has 0 aliphatic heterocycles. The second-order valence-electron chi connectivity index (χ2n) is 5.21. The van der Waals surface area contributed by atoms with Crippen LogP contribution in [0.4, 0.5) is 0 Å². The van der Waals surface area contributed by atoms with E-state index in [1.165, 1.54) is 0 Å². The van der Waals surface area contributed by atoms with Crippen LogP contribution in [-0.4, -0.2) is 18.2 Å². The number of fused-ring (bicyclic) bond motifs is 1. The van der Waals surface area contributed by atoms with Gasteiger partial charge in [-0.05, 0) is 24.5 Å². The van der Waals surface area contributed by atoms with E-state index in [0.717, 1.165) is 36.0 Å². The molecule has 1 atom stereocenters. The Balaban J connectivity index is 2.07. The maximum atomic E-state index is 12.2. The van der Waals surface area contributed by atoms with E-state index in [1.54, 1.807) is 0 Å². The van der Waals surface area contributed by atoms with Gasteiger partial charge in [0.05, 0.1) is 5.92 Å². The SMILES string of the molecule is CCCCCNC(=O)C1CC(=O)c2cccc(C)c21. The van der Waals surface area contributed by atoms with Crippen LogP contribution in [0, 0.1) is 6.92 Å². The molecule has 1 unspecified atom stereocenters. The molecule has 3 nitrogen and oxygen atoms in total. The topological polar surface area (TPSA) is 46.2 Å². The van der Waals surface area contributed by atoms with E-state index in [1.807, 2.05) is 25.1 Å². The molecular weight excluding hydrogens is 238 g/mol. The number of benzene rings is 1. The van der Waals surface area contributed by atoms with Crippen LogP contribution >= 0.6 is 0 Å². The summed E-state index contributed by atoms with van der Waals surface area (Å²) in [5.74, 6) is -0.199. The molecule has 1 aliphatic carbocycles. The number of nitrogens with one attached hydrogen (secondary N) is 1. The Morgan fingerprint density at radius 2 is 2.16 bits per heavy atom. The van der Waals surface area contributed by atoms with Gasteiger partial charge in [0.1, 0.15) is 0 Å². The summed E-state index contributed by atoms with van der Waals surface area (Å²) in [7, 11) is 0. The molecule has 0 saturated carbocycles. The Morgan fingerprint density at radius 1 is 1.37 bits per heavy atom. The number of carbonyl (C=O) groups excluding carboxylic acids is 2. The third kappa shape index (κ3) is 2.86. The quantitative estimate of drug-likeness (QED) is 0.826. The smallest absolute Gasteiger partial charge is 0.228 e. The zero-order valence-corrected chi connectivity index (χ0v) is 11.7. The first-order valence-corrected chi connectivity index (χ1v) is 7.05. The molecule has 3 heteroatoms. The van der Waals surface area contributed by atoms with Crippen molar-refractivity contribution in [2.45, 2.75) is 45.4 Å². The Labute approximate surface area is 114 Å². The van der Waals surface area contributed by atoms with Crippen molar-refractivity contribution in [1.29, 1.82) is 0 Å². The minimum atomic E-state index is -0.287.